The van der Waals surface area contributed by atoms with Gasteiger partial charge < -0.3 is 16.0 Å². The minimum Gasteiger partial charge on any atom is -0.336 e. The van der Waals surface area contributed by atoms with Crippen molar-refractivity contribution in [3.8, 4) is 0 Å². The molecule has 1 fully saturated rings. The Hall–Kier alpha value is -1.79. The van der Waals surface area contributed by atoms with Gasteiger partial charge in [0.25, 0.3) is 0 Å². The molecule has 0 atom stereocenters. The van der Waals surface area contributed by atoms with Gasteiger partial charge in [-0.3, -0.25) is 9.69 Å². The van der Waals surface area contributed by atoms with E-state index in [-0.39, 0.29) is 24.0 Å². The van der Waals surface area contributed by atoms with E-state index in [1.54, 1.807) is 24.3 Å². The van der Waals surface area contributed by atoms with Gasteiger partial charge in [-0.15, -0.1) is 0 Å². The second-order valence-electron chi connectivity index (χ2n) is 6.95. The second kappa shape index (κ2) is 9.06. The maximum atomic E-state index is 11.9. The number of nitrogens with zero attached hydrogens (tertiary/aromatic N) is 1. The van der Waals surface area contributed by atoms with Crippen LogP contribution in [0.2, 0.25) is 5.02 Å². The van der Waals surface area contributed by atoms with E-state index in [1.807, 2.05) is 0 Å². The summed E-state index contributed by atoms with van der Waals surface area (Å²) >= 11 is 5.80. The smallest absolute Gasteiger partial charge is 0.315 e. The number of anilines is 1. The van der Waals surface area contributed by atoms with Crippen molar-refractivity contribution in [1.29, 1.82) is 0 Å². The first-order valence-electron chi connectivity index (χ1n) is 8.69. The van der Waals surface area contributed by atoms with Crippen LogP contribution in [0.4, 0.5) is 10.5 Å². The fourth-order valence-corrected chi connectivity index (χ4v) is 3.00. The van der Waals surface area contributed by atoms with E-state index in [2.05, 4.69) is 34.7 Å². The van der Waals surface area contributed by atoms with Gasteiger partial charge in [-0.2, -0.15) is 0 Å². The lowest BCUT2D eigenvalue weighted by molar-refractivity contribution is -0.115. The summed E-state index contributed by atoms with van der Waals surface area (Å²) in [4.78, 5) is 26.2. The Labute approximate surface area is 154 Å². The van der Waals surface area contributed by atoms with Crippen molar-refractivity contribution in [2.75, 3.05) is 31.5 Å². The van der Waals surface area contributed by atoms with Gasteiger partial charge in [0, 0.05) is 22.8 Å². The molecule has 1 aromatic rings. The number of hydrogen-bond acceptors (Lipinski definition) is 3. The summed E-state index contributed by atoms with van der Waals surface area (Å²) in [5.74, 6) is -0.284. The van der Waals surface area contributed by atoms with Crippen LogP contribution in [0.3, 0.4) is 0 Å². The van der Waals surface area contributed by atoms with Crippen LogP contribution in [0.15, 0.2) is 24.3 Å². The molecular weight excluding hydrogens is 340 g/mol. The average molecular weight is 367 g/mol. The molecule has 0 saturated carbocycles. The van der Waals surface area contributed by atoms with E-state index in [9.17, 15) is 9.59 Å². The first kappa shape index (κ1) is 19.5. The number of halogens is 1. The quantitative estimate of drug-likeness (QED) is 0.724. The van der Waals surface area contributed by atoms with Gasteiger partial charge in [-0.1, -0.05) is 18.0 Å². The predicted octanol–water partition coefficient (Wildman–Crippen LogP) is 2.84. The number of benzene rings is 1. The van der Waals surface area contributed by atoms with Crippen molar-refractivity contribution in [2.45, 2.75) is 38.6 Å². The normalized spacial score (nSPS) is 15.5. The zero-order valence-electron chi connectivity index (χ0n) is 14.9. The Morgan fingerprint density at radius 3 is 2.36 bits per heavy atom. The number of carbonyl (C=O) groups is 2. The Morgan fingerprint density at radius 1 is 1.08 bits per heavy atom. The monoisotopic (exact) mass is 366 g/mol. The fraction of sp³-hybridized carbons (Fsp3) is 0.556. The number of rotatable bonds is 6. The van der Waals surface area contributed by atoms with E-state index in [4.69, 9.17) is 11.6 Å². The second-order valence-corrected chi connectivity index (χ2v) is 7.39. The topological polar surface area (TPSA) is 73.5 Å². The van der Waals surface area contributed by atoms with Crippen LogP contribution in [0.1, 0.15) is 33.1 Å². The third kappa shape index (κ3) is 6.55. The van der Waals surface area contributed by atoms with Gasteiger partial charge in [0.2, 0.25) is 5.91 Å². The Morgan fingerprint density at radius 2 is 1.72 bits per heavy atom. The molecule has 1 aliphatic heterocycles. The lowest BCUT2D eigenvalue weighted by Gasteiger charge is -2.41. The molecule has 0 radical (unpaired) electrons. The molecule has 1 saturated heterocycles. The van der Waals surface area contributed by atoms with Gasteiger partial charge in [0.1, 0.15) is 0 Å². The first-order chi connectivity index (χ1) is 11.9. The van der Waals surface area contributed by atoms with Crippen LogP contribution in [0.5, 0.6) is 0 Å². The number of piperidine rings is 1. The molecule has 3 amide bonds. The largest absolute Gasteiger partial charge is 0.336 e. The number of carbonyl (C=O) groups excluding carboxylic acids is 2. The molecule has 0 bridgehead atoms. The molecule has 1 aliphatic rings. The molecule has 0 aliphatic carbocycles. The van der Waals surface area contributed by atoms with Gasteiger partial charge in [-0.05, 0) is 64.0 Å². The molecular formula is C18H27ClN4O2. The van der Waals surface area contributed by atoms with Crippen LogP contribution in [0, 0.1) is 0 Å². The molecule has 0 spiro atoms. The molecule has 3 N–H and O–H groups in total. The number of nitrogens with one attached hydrogen (secondary N) is 3. The molecule has 25 heavy (non-hydrogen) atoms. The molecule has 0 aromatic heterocycles. The van der Waals surface area contributed by atoms with Crippen LogP contribution < -0.4 is 16.0 Å². The summed E-state index contributed by atoms with van der Waals surface area (Å²) in [6, 6.07) is 6.47. The number of urea groups is 1. The van der Waals surface area contributed by atoms with Crippen molar-refractivity contribution < 1.29 is 9.59 Å². The van der Waals surface area contributed by atoms with Crippen LogP contribution >= 0.6 is 11.6 Å². The third-order valence-electron chi connectivity index (χ3n) is 4.43. The van der Waals surface area contributed by atoms with Gasteiger partial charge in [0.05, 0.1) is 6.54 Å². The van der Waals surface area contributed by atoms with Gasteiger partial charge >= 0.3 is 6.03 Å². The molecule has 1 aromatic carbocycles. The summed E-state index contributed by atoms with van der Waals surface area (Å²) in [5.41, 5.74) is 0.548. The highest BCUT2D eigenvalue weighted by molar-refractivity contribution is 6.30. The van der Waals surface area contributed by atoms with Gasteiger partial charge in [0.15, 0.2) is 0 Å². The average Bonchev–Trinajstić information content (AvgIpc) is 2.61. The van der Waals surface area contributed by atoms with Crippen molar-refractivity contribution >= 4 is 29.2 Å². The zero-order chi connectivity index (χ0) is 18.3. The first-order valence-corrected chi connectivity index (χ1v) is 9.07. The standard InChI is InChI=1S/C18H27ClN4O2/c1-18(2,23-10-4-3-5-11-23)13-21-17(25)20-12-16(24)22-15-8-6-14(19)7-9-15/h6-9H,3-5,10-13H2,1-2H3,(H,22,24)(H2,20,21,25). The lowest BCUT2D eigenvalue weighted by Crippen LogP contribution is -2.54. The van der Waals surface area contributed by atoms with Crippen LogP contribution in [0.25, 0.3) is 0 Å². The molecule has 7 heteroatoms. The Kier molecular flexibility index (Phi) is 7.08. The van der Waals surface area contributed by atoms with E-state index in [0.29, 0.717) is 17.3 Å². The molecule has 0 unspecified atom stereocenters. The minimum atomic E-state index is -0.337. The molecule has 138 valence electrons. The molecule has 2 rings (SSSR count). The number of hydrogen-bond donors (Lipinski definition) is 3. The highest BCUT2D eigenvalue weighted by Gasteiger charge is 2.28. The Bertz CT molecular complexity index is 583. The van der Waals surface area contributed by atoms with Crippen molar-refractivity contribution in [3.05, 3.63) is 29.3 Å². The van der Waals surface area contributed by atoms with Gasteiger partial charge in [-0.25, -0.2) is 4.79 Å². The van der Waals surface area contributed by atoms with Crippen molar-refractivity contribution in [3.63, 3.8) is 0 Å². The summed E-state index contributed by atoms with van der Waals surface area (Å²) < 4.78 is 0. The highest BCUT2D eigenvalue weighted by Crippen LogP contribution is 2.19. The summed E-state index contributed by atoms with van der Waals surface area (Å²) in [6.07, 6.45) is 3.70. The maximum absolute atomic E-state index is 11.9. The Balaban J connectivity index is 1.69. The maximum Gasteiger partial charge on any atom is 0.315 e. The lowest BCUT2D eigenvalue weighted by atomic mass is 9.98. The summed E-state index contributed by atoms with van der Waals surface area (Å²) in [5, 5.41) is 8.74. The minimum absolute atomic E-state index is 0.0847. The third-order valence-corrected chi connectivity index (χ3v) is 4.68. The van der Waals surface area contributed by atoms with Crippen molar-refractivity contribution in [2.24, 2.45) is 0 Å². The van der Waals surface area contributed by atoms with E-state index in [1.165, 1.54) is 19.3 Å². The summed E-state index contributed by atoms with van der Waals surface area (Å²) in [6.45, 7) is 6.85. The predicted molar refractivity (Wildman–Crippen MR) is 101 cm³/mol. The number of likely N-dealkylation sites (tertiary alicyclic amines) is 1. The van der Waals surface area contributed by atoms with Crippen LogP contribution in [-0.4, -0.2) is 48.6 Å². The summed E-state index contributed by atoms with van der Waals surface area (Å²) in [7, 11) is 0. The van der Waals surface area contributed by atoms with E-state index < -0.39 is 0 Å². The number of amides is 3. The zero-order valence-corrected chi connectivity index (χ0v) is 15.7. The van der Waals surface area contributed by atoms with Crippen molar-refractivity contribution in [1.82, 2.24) is 15.5 Å². The van der Waals surface area contributed by atoms with Crippen LogP contribution in [-0.2, 0) is 4.79 Å². The highest BCUT2D eigenvalue weighted by atomic mass is 35.5. The SMILES string of the molecule is CC(C)(CNC(=O)NCC(=O)Nc1ccc(Cl)cc1)N1CCCCC1. The van der Waals surface area contributed by atoms with E-state index in [0.717, 1.165) is 13.1 Å². The molecule has 6 nitrogen and oxygen atoms in total. The molecule has 1 heterocycles. The van der Waals surface area contributed by atoms with E-state index >= 15 is 0 Å². The fourth-order valence-electron chi connectivity index (χ4n) is 2.87.